The van der Waals surface area contributed by atoms with Crippen molar-refractivity contribution in [1.82, 2.24) is 9.13 Å². The molecule has 0 spiro atoms. The average Bonchev–Trinajstić information content (AvgIpc) is 2.96. The van der Waals surface area contributed by atoms with Gasteiger partial charge in [0.05, 0.1) is 18.8 Å². The van der Waals surface area contributed by atoms with Crippen LogP contribution in [-0.2, 0) is 13.1 Å². The van der Waals surface area contributed by atoms with Crippen LogP contribution in [0.15, 0.2) is 82.4 Å². The summed E-state index contributed by atoms with van der Waals surface area (Å²) in [6.07, 6.45) is 0. The number of hydrogen-bond acceptors (Lipinski definition) is 6. The summed E-state index contributed by atoms with van der Waals surface area (Å²) >= 11 is 0. The second-order valence-corrected chi connectivity index (χ2v) is 9.90. The van der Waals surface area contributed by atoms with Gasteiger partial charge in [-0.1, -0.05) is 48.5 Å². The average molecular weight is 548 g/mol. The number of nitrogens with zero attached hydrogens (tertiary/aromatic N) is 4. The van der Waals surface area contributed by atoms with Crippen molar-refractivity contribution in [3.63, 3.8) is 0 Å². The molecule has 1 fully saturated rings. The van der Waals surface area contributed by atoms with E-state index in [1.54, 1.807) is 19.1 Å². The molecule has 8 nitrogen and oxygen atoms in total. The lowest BCUT2D eigenvalue weighted by molar-refractivity contribution is 0.471. The summed E-state index contributed by atoms with van der Waals surface area (Å²) in [7, 11) is 0. The molecule has 40 heavy (non-hydrogen) atoms. The molecule has 1 aliphatic rings. The smallest absolute Gasteiger partial charge is 0.331 e. The van der Waals surface area contributed by atoms with Crippen LogP contribution in [0, 0.1) is 18.6 Å². The monoisotopic (exact) mass is 547 g/mol. The summed E-state index contributed by atoms with van der Waals surface area (Å²) in [5, 5.41) is 10.3. The molecule has 5 rings (SSSR count). The first-order chi connectivity index (χ1) is 19.3. The molecule has 4 aromatic rings. The predicted octanol–water partition coefficient (Wildman–Crippen LogP) is 3.38. The molecule has 208 valence electrons. The first-order valence-corrected chi connectivity index (χ1v) is 13.1. The van der Waals surface area contributed by atoms with Crippen molar-refractivity contribution in [2.75, 3.05) is 36.0 Å². The molecule has 1 atom stereocenters. The van der Waals surface area contributed by atoms with Crippen molar-refractivity contribution in [3.05, 3.63) is 122 Å². The first-order valence-electron chi connectivity index (χ1n) is 13.1. The number of phenolic OH excluding ortho intramolecular Hbond substituents is 1. The number of phenols is 1. The SMILES string of the molecule is Cc1c(N2CCN(c3ccccc3O)CC2)c(=O)n(CC(N)c2ccccc2)c(=O)n1Cc1c(F)cccc1F. The second-order valence-electron chi connectivity index (χ2n) is 9.90. The quantitative estimate of drug-likeness (QED) is 0.368. The molecule has 2 heterocycles. The van der Waals surface area contributed by atoms with Gasteiger partial charge in [0.25, 0.3) is 5.56 Å². The first kappa shape index (κ1) is 27.1. The van der Waals surface area contributed by atoms with Crippen LogP contribution in [0.2, 0.25) is 0 Å². The topological polar surface area (TPSA) is 96.7 Å². The van der Waals surface area contributed by atoms with E-state index in [0.29, 0.717) is 37.6 Å². The molecule has 1 unspecified atom stereocenters. The summed E-state index contributed by atoms with van der Waals surface area (Å²) in [5.74, 6) is -1.38. The van der Waals surface area contributed by atoms with E-state index in [4.69, 9.17) is 5.73 Å². The van der Waals surface area contributed by atoms with E-state index < -0.39 is 28.9 Å². The maximum Gasteiger partial charge on any atom is 0.331 e. The molecule has 3 N–H and O–H groups in total. The maximum atomic E-state index is 14.6. The Morgan fingerprint density at radius 1 is 0.825 bits per heavy atom. The lowest BCUT2D eigenvalue weighted by Crippen LogP contribution is -2.51. The largest absolute Gasteiger partial charge is 0.506 e. The van der Waals surface area contributed by atoms with Crippen molar-refractivity contribution in [2.24, 2.45) is 5.73 Å². The number of aromatic nitrogens is 2. The number of halogens is 2. The van der Waals surface area contributed by atoms with Crippen molar-refractivity contribution in [1.29, 1.82) is 0 Å². The van der Waals surface area contributed by atoms with Gasteiger partial charge in [0.1, 0.15) is 23.1 Å². The van der Waals surface area contributed by atoms with E-state index in [9.17, 15) is 23.5 Å². The van der Waals surface area contributed by atoms with Gasteiger partial charge < -0.3 is 20.6 Å². The highest BCUT2D eigenvalue weighted by molar-refractivity contribution is 5.59. The number of para-hydroxylation sites is 2. The van der Waals surface area contributed by atoms with Gasteiger partial charge in [-0.15, -0.1) is 0 Å². The number of hydrogen-bond donors (Lipinski definition) is 2. The lowest BCUT2D eigenvalue weighted by Gasteiger charge is -2.38. The van der Waals surface area contributed by atoms with E-state index >= 15 is 0 Å². The molecule has 10 heteroatoms. The Morgan fingerprint density at radius 2 is 1.43 bits per heavy atom. The fraction of sp³-hybridized carbons (Fsp3) is 0.267. The molecule has 1 aromatic heterocycles. The number of rotatable bonds is 7. The minimum Gasteiger partial charge on any atom is -0.506 e. The summed E-state index contributed by atoms with van der Waals surface area (Å²) in [6.45, 7) is 3.03. The summed E-state index contributed by atoms with van der Waals surface area (Å²) in [4.78, 5) is 31.5. The zero-order valence-electron chi connectivity index (χ0n) is 22.1. The Morgan fingerprint density at radius 3 is 2.08 bits per heavy atom. The van der Waals surface area contributed by atoms with E-state index in [0.717, 1.165) is 22.3 Å². The van der Waals surface area contributed by atoms with Crippen LogP contribution in [-0.4, -0.2) is 40.4 Å². The molecule has 0 bridgehead atoms. The van der Waals surface area contributed by atoms with Crippen LogP contribution in [0.4, 0.5) is 20.2 Å². The third-order valence-electron chi connectivity index (χ3n) is 7.46. The van der Waals surface area contributed by atoms with Crippen LogP contribution in [0.1, 0.15) is 22.9 Å². The van der Waals surface area contributed by atoms with Crippen LogP contribution in [0.25, 0.3) is 0 Å². The zero-order valence-corrected chi connectivity index (χ0v) is 22.1. The Kier molecular flexibility index (Phi) is 7.70. The van der Waals surface area contributed by atoms with E-state index in [1.807, 2.05) is 52.3 Å². The molecular weight excluding hydrogens is 516 g/mol. The summed E-state index contributed by atoms with van der Waals surface area (Å²) in [6, 6.07) is 19.1. The predicted molar refractivity (Wildman–Crippen MR) is 151 cm³/mol. The number of benzene rings is 3. The molecule has 1 saturated heterocycles. The normalized spacial score (nSPS) is 14.4. The van der Waals surface area contributed by atoms with Crippen molar-refractivity contribution < 1.29 is 13.9 Å². The fourth-order valence-electron chi connectivity index (χ4n) is 5.24. The Bertz CT molecular complexity index is 1610. The molecular formula is C30H31F2N5O3. The van der Waals surface area contributed by atoms with Crippen LogP contribution in [0.5, 0.6) is 5.75 Å². The maximum absolute atomic E-state index is 14.6. The number of piperazine rings is 1. The van der Waals surface area contributed by atoms with Crippen LogP contribution < -0.4 is 26.8 Å². The Hall–Kier alpha value is -4.44. The van der Waals surface area contributed by atoms with Gasteiger partial charge in [-0.05, 0) is 36.8 Å². The third kappa shape index (κ3) is 5.22. The standard InChI is InChI=1S/C30H31F2N5O3/c1-20-28(35-16-14-34(15-17-35)26-12-5-6-13-27(26)38)29(39)37(19-25(33)21-8-3-2-4-9-21)30(40)36(20)18-22-23(31)10-7-11-24(22)32/h2-13,25,38H,14-19,33H2,1H3. The van der Waals surface area contributed by atoms with Crippen molar-refractivity contribution >= 4 is 11.4 Å². The Balaban J connectivity index is 1.55. The molecule has 0 saturated carbocycles. The second kappa shape index (κ2) is 11.4. The lowest BCUT2D eigenvalue weighted by atomic mass is 10.1. The minimum absolute atomic E-state index is 0.105. The molecule has 0 radical (unpaired) electrons. The third-order valence-corrected chi connectivity index (χ3v) is 7.46. The Labute approximate surface area is 230 Å². The van der Waals surface area contributed by atoms with E-state index in [-0.39, 0.29) is 30.1 Å². The fourth-order valence-corrected chi connectivity index (χ4v) is 5.24. The van der Waals surface area contributed by atoms with Gasteiger partial charge in [0.2, 0.25) is 0 Å². The van der Waals surface area contributed by atoms with E-state index in [2.05, 4.69) is 0 Å². The van der Waals surface area contributed by atoms with Crippen LogP contribution in [0.3, 0.4) is 0 Å². The van der Waals surface area contributed by atoms with Gasteiger partial charge in [-0.25, -0.2) is 13.6 Å². The molecule has 3 aromatic carbocycles. The van der Waals surface area contributed by atoms with Gasteiger partial charge >= 0.3 is 5.69 Å². The van der Waals surface area contributed by atoms with Gasteiger partial charge in [0.15, 0.2) is 0 Å². The highest BCUT2D eigenvalue weighted by Gasteiger charge is 2.27. The highest BCUT2D eigenvalue weighted by atomic mass is 19.1. The molecule has 0 aliphatic carbocycles. The highest BCUT2D eigenvalue weighted by Crippen LogP contribution is 2.28. The molecule has 0 amide bonds. The van der Waals surface area contributed by atoms with Gasteiger partial charge in [-0.3, -0.25) is 13.9 Å². The van der Waals surface area contributed by atoms with Crippen molar-refractivity contribution in [2.45, 2.75) is 26.1 Å². The van der Waals surface area contributed by atoms with Gasteiger partial charge in [-0.2, -0.15) is 0 Å². The summed E-state index contributed by atoms with van der Waals surface area (Å²) < 4.78 is 31.6. The number of nitrogens with two attached hydrogens (primary N) is 1. The molecule has 1 aliphatic heterocycles. The minimum atomic E-state index is -0.775. The number of anilines is 2. The van der Waals surface area contributed by atoms with Crippen molar-refractivity contribution in [3.8, 4) is 5.75 Å². The summed E-state index contributed by atoms with van der Waals surface area (Å²) in [5.41, 5.74) is 7.00. The van der Waals surface area contributed by atoms with Crippen LogP contribution >= 0.6 is 0 Å². The van der Waals surface area contributed by atoms with E-state index in [1.165, 1.54) is 10.6 Å². The number of aromatic hydroxyl groups is 1. The van der Waals surface area contributed by atoms with Gasteiger partial charge in [0, 0.05) is 43.5 Å². The zero-order chi connectivity index (χ0) is 28.4.